The van der Waals surface area contributed by atoms with E-state index in [-0.39, 0.29) is 0 Å². The Hall–Kier alpha value is -0.435. The molecule has 1 aliphatic rings. The highest BCUT2D eigenvalue weighted by molar-refractivity contribution is 6.60. The van der Waals surface area contributed by atoms with Gasteiger partial charge in [-0.15, -0.1) is 0 Å². The van der Waals surface area contributed by atoms with E-state index < -0.39 is 13.1 Å². The van der Waals surface area contributed by atoms with Crippen molar-refractivity contribution in [1.82, 2.24) is 0 Å². The van der Waals surface area contributed by atoms with E-state index in [1.807, 2.05) is 0 Å². The molecule has 0 spiro atoms. The molecule has 0 atom stereocenters. The second-order valence-electron chi connectivity index (χ2n) is 5.31. The Bertz CT molecular complexity index is 254. The molecule has 9 heteroatoms. The lowest BCUT2D eigenvalue weighted by Crippen LogP contribution is -2.47. The van der Waals surface area contributed by atoms with Gasteiger partial charge in [0, 0.05) is 19.4 Å². The minimum Gasteiger partial charge on any atom is -0.443 e. The number of likely N-dealkylation sites (tertiary alicyclic amines) is 1. The molecule has 1 rings (SSSR count). The van der Waals surface area contributed by atoms with Crippen molar-refractivity contribution >= 4 is 6.98 Å². The smallest absolute Gasteiger partial charge is 0.443 e. The van der Waals surface area contributed by atoms with Gasteiger partial charge in [0.1, 0.15) is 0 Å². The number of hydrogen-bond acceptors (Lipinski definition) is 1. The predicted octanol–water partition coefficient (Wildman–Crippen LogP) is 4.33. The summed E-state index contributed by atoms with van der Waals surface area (Å²) < 4.78 is 69.7. The third-order valence-corrected chi connectivity index (χ3v) is 3.44. The Kier molecular flexibility index (Phi) is 8.69. The molecule has 1 saturated heterocycles. The number of quaternary nitrogens is 1. The maximum Gasteiger partial charge on any atom is 0.583 e. The van der Waals surface area contributed by atoms with Crippen LogP contribution >= 0.6 is 0 Å². The predicted molar refractivity (Wildman–Crippen MR) is 70.6 cm³/mol. The molecule has 0 saturated carbocycles. The number of halogens is 6. The van der Waals surface area contributed by atoms with E-state index in [1.165, 1.54) is 49.8 Å². The highest BCUT2D eigenvalue weighted by atomic mass is 19.4. The SMILES string of the molecule is CCCC[N+]1(COCC)CCCC1.F[B-](F)(F)C(F)(F)F. The molecule has 0 bridgehead atoms. The van der Waals surface area contributed by atoms with Crippen LogP contribution in [0.3, 0.4) is 0 Å². The van der Waals surface area contributed by atoms with Crippen LogP contribution in [0.5, 0.6) is 0 Å². The largest absolute Gasteiger partial charge is 0.583 e. The quantitative estimate of drug-likeness (QED) is 0.402. The van der Waals surface area contributed by atoms with E-state index >= 15 is 0 Å². The number of nitrogens with zero attached hydrogens (tertiary/aromatic N) is 1. The Morgan fingerprint density at radius 3 is 1.86 bits per heavy atom. The Labute approximate surface area is 122 Å². The van der Waals surface area contributed by atoms with E-state index in [4.69, 9.17) is 4.74 Å². The fourth-order valence-electron chi connectivity index (χ4n) is 2.20. The number of ether oxygens (including phenoxy) is 1. The first-order valence-electron chi connectivity index (χ1n) is 7.27. The molecule has 0 radical (unpaired) electrons. The zero-order chi connectivity index (χ0) is 16.6. The van der Waals surface area contributed by atoms with Gasteiger partial charge in [0.15, 0.2) is 6.73 Å². The second-order valence-corrected chi connectivity index (χ2v) is 5.31. The number of unbranched alkanes of at least 4 members (excludes halogenated alkanes) is 1. The fourth-order valence-corrected chi connectivity index (χ4v) is 2.20. The molecular weight excluding hydrogens is 299 g/mol. The number of alkyl halides is 3. The molecule has 0 amide bonds. The molecule has 0 aliphatic carbocycles. The van der Waals surface area contributed by atoms with Gasteiger partial charge in [-0.05, 0) is 13.3 Å². The van der Waals surface area contributed by atoms with E-state index in [0.717, 1.165) is 13.3 Å². The Balaban J connectivity index is 0.000000433. The molecule has 21 heavy (non-hydrogen) atoms. The lowest BCUT2D eigenvalue weighted by molar-refractivity contribution is -0.935. The third-order valence-electron chi connectivity index (χ3n) is 3.44. The van der Waals surface area contributed by atoms with Crippen molar-refractivity contribution in [1.29, 1.82) is 0 Å². The lowest BCUT2D eigenvalue weighted by atomic mass is 9.92. The second kappa shape index (κ2) is 8.87. The molecule has 1 fully saturated rings. The monoisotopic (exact) mass is 323 g/mol. The van der Waals surface area contributed by atoms with Crippen molar-refractivity contribution < 1.29 is 35.3 Å². The van der Waals surface area contributed by atoms with Crippen molar-refractivity contribution in [3.05, 3.63) is 0 Å². The molecule has 1 aliphatic heterocycles. The van der Waals surface area contributed by atoms with Gasteiger partial charge in [0.05, 0.1) is 19.6 Å². The van der Waals surface area contributed by atoms with Gasteiger partial charge in [-0.2, -0.15) is 0 Å². The fraction of sp³-hybridized carbons (Fsp3) is 1.00. The highest BCUT2D eigenvalue weighted by Gasteiger charge is 2.53. The summed E-state index contributed by atoms with van der Waals surface area (Å²) in [4.78, 5) is 0. The Morgan fingerprint density at radius 2 is 1.52 bits per heavy atom. The molecule has 0 N–H and O–H groups in total. The van der Waals surface area contributed by atoms with Gasteiger partial charge < -0.3 is 22.2 Å². The summed E-state index contributed by atoms with van der Waals surface area (Å²) in [6.45, 7) is 3.56. The zero-order valence-corrected chi connectivity index (χ0v) is 12.6. The van der Waals surface area contributed by atoms with E-state index in [0.29, 0.717) is 0 Å². The number of hydrogen-bond donors (Lipinski definition) is 0. The van der Waals surface area contributed by atoms with E-state index in [9.17, 15) is 26.1 Å². The van der Waals surface area contributed by atoms with Crippen molar-refractivity contribution in [3.63, 3.8) is 0 Å². The lowest BCUT2D eigenvalue weighted by Gasteiger charge is -2.33. The van der Waals surface area contributed by atoms with Crippen LogP contribution in [-0.4, -0.2) is 50.5 Å². The van der Waals surface area contributed by atoms with Crippen molar-refractivity contribution in [2.75, 3.05) is 33.0 Å². The van der Waals surface area contributed by atoms with Crippen LogP contribution < -0.4 is 0 Å². The van der Waals surface area contributed by atoms with Gasteiger partial charge in [0.2, 0.25) is 0 Å². The van der Waals surface area contributed by atoms with Gasteiger partial charge in [-0.3, -0.25) is 0 Å². The van der Waals surface area contributed by atoms with Crippen molar-refractivity contribution in [3.8, 4) is 0 Å². The van der Waals surface area contributed by atoms with Crippen molar-refractivity contribution in [2.45, 2.75) is 45.6 Å². The van der Waals surface area contributed by atoms with Crippen LogP contribution in [-0.2, 0) is 4.74 Å². The average Bonchev–Trinajstić information content (AvgIpc) is 2.82. The summed E-state index contributed by atoms with van der Waals surface area (Å²) >= 11 is 0. The highest BCUT2D eigenvalue weighted by Crippen LogP contribution is 2.31. The van der Waals surface area contributed by atoms with Crippen LogP contribution in [0.15, 0.2) is 0 Å². The molecule has 2 nitrogen and oxygen atoms in total. The van der Waals surface area contributed by atoms with Gasteiger partial charge in [-0.1, -0.05) is 13.3 Å². The first kappa shape index (κ1) is 20.6. The number of rotatable bonds is 6. The van der Waals surface area contributed by atoms with Gasteiger partial charge in [0.25, 0.3) is 0 Å². The molecular formula is C12H24BF6NO. The van der Waals surface area contributed by atoms with Gasteiger partial charge in [-0.25, -0.2) is 13.2 Å². The summed E-state index contributed by atoms with van der Waals surface area (Å²) in [7, 11) is 0. The summed E-state index contributed by atoms with van der Waals surface area (Å²) in [6.07, 6.45) is -0.535. The molecule has 0 aromatic heterocycles. The first-order chi connectivity index (χ1) is 9.58. The van der Waals surface area contributed by atoms with Crippen LogP contribution in [0.2, 0.25) is 0 Å². The van der Waals surface area contributed by atoms with E-state index in [1.54, 1.807) is 0 Å². The van der Waals surface area contributed by atoms with Crippen LogP contribution in [0, 0.1) is 0 Å². The first-order valence-corrected chi connectivity index (χ1v) is 7.27. The van der Waals surface area contributed by atoms with Crippen LogP contribution in [0.1, 0.15) is 39.5 Å². The van der Waals surface area contributed by atoms with Crippen LogP contribution in [0.25, 0.3) is 0 Å². The minimum atomic E-state index is -6.65. The van der Waals surface area contributed by atoms with Crippen LogP contribution in [0.4, 0.5) is 26.1 Å². The summed E-state index contributed by atoms with van der Waals surface area (Å²) in [6, 6.07) is 0. The van der Waals surface area contributed by atoms with Crippen molar-refractivity contribution in [2.24, 2.45) is 0 Å². The summed E-state index contributed by atoms with van der Waals surface area (Å²) in [5.41, 5.74) is 0. The van der Waals surface area contributed by atoms with E-state index in [2.05, 4.69) is 13.8 Å². The normalized spacial score (nSPS) is 18.3. The Morgan fingerprint density at radius 1 is 1.05 bits per heavy atom. The maximum atomic E-state index is 10.5. The molecule has 0 aromatic rings. The summed E-state index contributed by atoms with van der Waals surface area (Å²) in [5, 5.41) is 0. The standard InChI is InChI=1S/C11H24NO.CBF6/c1-3-5-8-12(11-13-4-2)9-6-7-10-12;3-1(4,5)2(6,7)8/h3-11H2,1-2H3;/q+1;-1. The average molecular weight is 323 g/mol. The molecule has 1 heterocycles. The van der Waals surface area contributed by atoms with Gasteiger partial charge >= 0.3 is 13.1 Å². The minimum absolute atomic E-state index is 0.867. The summed E-state index contributed by atoms with van der Waals surface area (Å²) in [5.74, 6) is 0. The molecule has 0 aromatic carbocycles. The topological polar surface area (TPSA) is 9.23 Å². The maximum absolute atomic E-state index is 10.5. The molecule has 128 valence electrons. The zero-order valence-electron chi connectivity index (χ0n) is 12.6. The third kappa shape index (κ3) is 7.94. The molecule has 0 unspecified atom stereocenters.